The predicted molar refractivity (Wildman–Crippen MR) is 128 cm³/mol. The molecule has 0 saturated heterocycles. The van der Waals surface area contributed by atoms with Crippen molar-refractivity contribution in [3.05, 3.63) is 18.2 Å². The summed E-state index contributed by atoms with van der Waals surface area (Å²) in [5, 5.41) is 25.5. The van der Waals surface area contributed by atoms with Crippen LogP contribution in [0.3, 0.4) is 0 Å². The summed E-state index contributed by atoms with van der Waals surface area (Å²) in [5.41, 5.74) is 11.9. The minimum absolute atomic E-state index is 0.0900. The van der Waals surface area contributed by atoms with Gasteiger partial charge in [0.1, 0.15) is 18.1 Å². The molecule has 0 radical (unpaired) electrons. The smallest absolute Gasteiger partial charge is 0.326 e. The third-order valence-corrected chi connectivity index (χ3v) is 5.25. The molecule has 0 spiro atoms. The normalized spacial score (nSPS) is 14.4. The number of aromatic nitrogens is 2. The number of carboxylic acid groups (broad SMARTS) is 2. The number of nitrogens with two attached hydrogens (primary N) is 2. The quantitative estimate of drug-likeness (QED) is 0.112. The van der Waals surface area contributed by atoms with Crippen molar-refractivity contribution < 1.29 is 34.2 Å². The Morgan fingerprint density at radius 1 is 0.972 bits per heavy atom. The summed E-state index contributed by atoms with van der Waals surface area (Å²) in [6.45, 7) is 4.21. The van der Waals surface area contributed by atoms with Crippen molar-refractivity contribution in [1.82, 2.24) is 25.9 Å². The summed E-state index contributed by atoms with van der Waals surface area (Å²) >= 11 is 0. The Balaban J connectivity index is 3.06. The van der Waals surface area contributed by atoms with Crippen LogP contribution in [0.25, 0.3) is 0 Å². The highest BCUT2D eigenvalue weighted by atomic mass is 16.4. The number of carbonyl (C=O) groups is 5. The van der Waals surface area contributed by atoms with Gasteiger partial charge in [-0.15, -0.1) is 0 Å². The van der Waals surface area contributed by atoms with E-state index in [1.807, 2.05) is 13.8 Å². The molecule has 4 unspecified atom stereocenters. The number of aromatic amines is 1. The van der Waals surface area contributed by atoms with E-state index in [1.165, 1.54) is 12.5 Å². The molecule has 4 atom stereocenters. The van der Waals surface area contributed by atoms with Gasteiger partial charge in [-0.1, -0.05) is 13.8 Å². The number of amides is 3. The van der Waals surface area contributed by atoms with Gasteiger partial charge in [0.2, 0.25) is 17.7 Å². The van der Waals surface area contributed by atoms with Crippen LogP contribution in [0.15, 0.2) is 12.5 Å². The van der Waals surface area contributed by atoms with Crippen LogP contribution in [0.4, 0.5) is 0 Å². The number of aliphatic carboxylic acids is 2. The van der Waals surface area contributed by atoms with Crippen molar-refractivity contribution in [2.75, 3.05) is 6.54 Å². The van der Waals surface area contributed by atoms with Gasteiger partial charge in [-0.3, -0.25) is 19.2 Å². The fourth-order valence-corrected chi connectivity index (χ4v) is 3.40. The average molecular weight is 512 g/mol. The van der Waals surface area contributed by atoms with E-state index < -0.39 is 60.2 Å². The van der Waals surface area contributed by atoms with Crippen molar-refractivity contribution >= 4 is 29.7 Å². The Kier molecular flexibility index (Phi) is 13.1. The minimum atomic E-state index is -1.70. The zero-order chi connectivity index (χ0) is 27.3. The number of carboxylic acids is 2. The standard InChI is InChI=1S/C22H37N7O7/c1-12(2)7-14(24)19(32)27-15(5-3-4-6-23)20(33)28-16(8-13-10-25-11-26-13)21(34)29-17(22(35)36)9-18(30)31/h10-12,14-17H,3-9,23-24H2,1-2H3,(H,25,26)(H,27,32)(H,28,33)(H,29,34)(H,30,31)(H,35,36). The van der Waals surface area contributed by atoms with E-state index in [9.17, 15) is 29.1 Å². The second-order valence-corrected chi connectivity index (χ2v) is 8.92. The number of hydrogen-bond acceptors (Lipinski definition) is 8. The van der Waals surface area contributed by atoms with E-state index in [4.69, 9.17) is 16.6 Å². The maximum Gasteiger partial charge on any atom is 0.326 e. The second-order valence-electron chi connectivity index (χ2n) is 8.92. The average Bonchev–Trinajstić information content (AvgIpc) is 3.29. The lowest BCUT2D eigenvalue weighted by molar-refractivity contribution is -0.147. The first-order valence-electron chi connectivity index (χ1n) is 11.7. The number of nitrogens with one attached hydrogen (secondary N) is 4. The van der Waals surface area contributed by atoms with Crippen molar-refractivity contribution in [2.45, 2.75) is 76.5 Å². The minimum Gasteiger partial charge on any atom is -0.481 e. The molecule has 0 aromatic carbocycles. The molecule has 1 heterocycles. The zero-order valence-corrected chi connectivity index (χ0v) is 20.5. The zero-order valence-electron chi connectivity index (χ0n) is 20.5. The van der Waals surface area contributed by atoms with Gasteiger partial charge in [0.15, 0.2) is 0 Å². The van der Waals surface area contributed by atoms with Gasteiger partial charge in [-0.25, -0.2) is 9.78 Å². The SMILES string of the molecule is CC(C)CC(N)C(=O)NC(CCCCN)C(=O)NC(Cc1cnc[nH]1)C(=O)NC(CC(=O)O)C(=O)O. The van der Waals surface area contributed by atoms with Crippen LogP contribution in [0, 0.1) is 5.92 Å². The van der Waals surface area contributed by atoms with E-state index in [-0.39, 0.29) is 18.8 Å². The van der Waals surface area contributed by atoms with Crippen molar-refractivity contribution in [3.8, 4) is 0 Å². The first-order chi connectivity index (χ1) is 16.9. The molecule has 36 heavy (non-hydrogen) atoms. The highest BCUT2D eigenvalue weighted by molar-refractivity contribution is 5.94. The molecular weight excluding hydrogens is 474 g/mol. The molecule has 0 bridgehead atoms. The topological polar surface area (TPSA) is 243 Å². The van der Waals surface area contributed by atoms with Crippen molar-refractivity contribution in [2.24, 2.45) is 17.4 Å². The van der Waals surface area contributed by atoms with Gasteiger partial charge in [-0.2, -0.15) is 0 Å². The van der Waals surface area contributed by atoms with Crippen LogP contribution in [-0.2, 0) is 30.4 Å². The van der Waals surface area contributed by atoms with Crippen molar-refractivity contribution in [1.29, 1.82) is 0 Å². The number of unbranched alkanes of at least 4 members (excludes halogenated alkanes) is 1. The molecular formula is C22H37N7O7. The molecule has 10 N–H and O–H groups in total. The molecule has 1 aromatic rings. The summed E-state index contributed by atoms with van der Waals surface area (Å²) in [5.74, 6) is -4.90. The third-order valence-electron chi connectivity index (χ3n) is 5.25. The Hall–Kier alpha value is -3.52. The van der Waals surface area contributed by atoms with Crippen LogP contribution < -0.4 is 27.4 Å². The van der Waals surface area contributed by atoms with E-state index in [0.717, 1.165) is 0 Å². The Morgan fingerprint density at radius 3 is 2.11 bits per heavy atom. The van der Waals surface area contributed by atoms with Gasteiger partial charge >= 0.3 is 11.9 Å². The first kappa shape index (κ1) is 30.5. The molecule has 14 nitrogen and oxygen atoms in total. The second kappa shape index (κ2) is 15.5. The predicted octanol–water partition coefficient (Wildman–Crippen LogP) is -1.53. The summed E-state index contributed by atoms with van der Waals surface area (Å²) in [6, 6.07) is -4.84. The summed E-state index contributed by atoms with van der Waals surface area (Å²) in [7, 11) is 0. The number of nitrogens with zero attached hydrogens (tertiary/aromatic N) is 1. The summed E-state index contributed by atoms with van der Waals surface area (Å²) in [4.78, 5) is 67.6. The molecule has 0 fully saturated rings. The first-order valence-corrected chi connectivity index (χ1v) is 11.7. The highest BCUT2D eigenvalue weighted by Gasteiger charge is 2.31. The fourth-order valence-electron chi connectivity index (χ4n) is 3.40. The van der Waals surface area contributed by atoms with Crippen molar-refractivity contribution in [3.63, 3.8) is 0 Å². The number of hydrogen-bond donors (Lipinski definition) is 8. The van der Waals surface area contributed by atoms with Gasteiger partial charge in [0.05, 0.1) is 18.8 Å². The Morgan fingerprint density at radius 2 is 1.58 bits per heavy atom. The lowest BCUT2D eigenvalue weighted by atomic mass is 10.0. The summed E-state index contributed by atoms with van der Waals surface area (Å²) in [6.07, 6.45) is 3.61. The Labute approximate surface area is 209 Å². The number of rotatable bonds is 17. The van der Waals surface area contributed by atoms with E-state index in [1.54, 1.807) is 0 Å². The Bertz CT molecular complexity index is 876. The van der Waals surface area contributed by atoms with Gasteiger partial charge in [0.25, 0.3) is 0 Å². The lowest BCUT2D eigenvalue weighted by Crippen LogP contribution is -2.57. The van der Waals surface area contributed by atoms with Crippen LogP contribution in [-0.4, -0.2) is 80.6 Å². The molecule has 0 aliphatic heterocycles. The fraction of sp³-hybridized carbons (Fsp3) is 0.636. The van der Waals surface area contributed by atoms with Crippen LogP contribution in [0.5, 0.6) is 0 Å². The van der Waals surface area contributed by atoms with Gasteiger partial charge < -0.3 is 42.6 Å². The molecule has 14 heteroatoms. The van der Waals surface area contributed by atoms with Gasteiger partial charge in [-0.05, 0) is 38.1 Å². The van der Waals surface area contributed by atoms with Crippen LogP contribution in [0.2, 0.25) is 0 Å². The highest BCUT2D eigenvalue weighted by Crippen LogP contribution is 2.07. The molecule has 3 amide bonds. The van der Waals surface area contributed by atoms with Crippen LogP contribution in [0.1, 0.15) is 51.6 Å². The maximum absolute atomic E-state index is 13.1. The molecule has 1 rings (SSSR count). The van der Waals surface area contributed by atoms with Gasteiger partial charge in [0, 0.05) is 18.3 Å². The number of imidazole rings is 1. The third kappa shape index (κ3) is 11.3. The molecule has 0 aliphatic rings. The van der Waals surface area contributed by atoms with E-state index >= 15 is 0 Å². The molecule has 0 aliphatic carbocycles. The van der Waals surface area contributed by atoms with E-state index in [0.29, 0.717) is 31.5 Å². The molecule has 0 saturated carbocycles. The number of carbonyl (C=O) groups excluding carboxylic acids is 3. The summed E-state index contributed by atoms with van der Waals surface area (Å²) < 4.78 is 0. The largest absolute Gasteiger partial charge is 0.481 e. The number of H-pyrrole nitrogens is 1. The van der Waals surface area contributed by atoms with Crippen LogP contribution >= 0.6 is 0 Å². The molecule has 202 valence electrons. The molecule has 1 aromatic heterocycles. The van der Waals surface area contributed by atoms with E-state index in [2.05, 4.69) is 25.9 Å². The maximum atomic E-state index is 13.1. The monoisotopic (exact) mass is 511 g/mol. The lowest BCUT2D eigenvalue weighted by Gasteiger charge is -2.25.